The maximum atomic E-state index is 11.9. The molecule has 0 heterocycles. The van der Waals surface area contributed by atoms with Gasteiger partial charge in [-0.1, -0.05) is 37.4 Å². The van der Waals surface area contributed by atoms with Crippen LogP contribution in [0.5, 0.6) is 11.5 Å². The molecule has 0 spiro atoms. The summed E-state index contributed by atoms with van der Waals surface area (Å²) in [4.78, 5) is 34.6. The smallest absolute Gasteiger partial charge is 0.339 e. The molecular formula is C23H24O8. The Kier molecular flexibility index (Phi) is 8.19. The average Bonchev–Trinajstić information content (AvgIpc) is 2.75. The molecule has 0 fully saturated rings. The van der Waals surface area contributed by atoms with E-state index >= 15 is 0 Å². The lowest BCUT2D eigenvalue weighted by atomic mass is 10.0. The summed E-state index contributed by atoms with van der Waals surface area (Å²) >= 11 is 0. The second-order valence-electron chi connectivity index (χ2n) is 6.63. The van der Waals surface area contributed by atoms with Gasteiger partial charge in [0, 0.05) is 22.9 Å². The average molecular weight is 428 g/mol. The number of carbonyl (C=O) groups is 3. The summed E-state index contributed by atoms with van der Waals surface area (Å²) in [5.74, 6) is -1.97. The van der Waals surface area contributed by atoms with E-state index in [0.717, 1.165) is 12.2 Å². The third-order valence-corrected chi connectivity index (χ3v) is 4.09. The van der Waals surface area contributed by atoms with Crippen LogP contribution in [0.2, 0.25) is 0 Å². The van der Waals surface area contributed by atoms with Crippen LogP contribution in [0, 0.1) is 0 Å². The van der Waals surface area contributed by atoms with Crippen LogP contribution in [-0.4, -0.2) is 48.4 Å². The van der Waals surface area contributed by atoms with Crippen LogP contribution in [-0.2, 0) is 19.1 Å². The van der Waals surface area contributed by atoms with Crippen molar-refractivity contribution in [3.8, 4) is 11.5 Å². The molecule has 0 aliphatic heterocycles. The molecule has 2 rings (SSSR count). The van der Waals surface area contributed by atoms with E-state index in [1.54, 1.807) is 38.1 Å². The van der Waals surface area contributed by atoms with E-state index < -0.39 is 30.1 Å². The predicted octanol–water partition coefficient (Wildman–Crippen LogP) is 3.53. The fourth-order valence-electron chi connectivity index (χ4n) is 2.72. The number of carbonyl (C=O) groups excluding carboxylic acids is 2. The fraction of sp³-hybridized carbons (Fsp3) is 0.261. The van der Waals surface area contributed by atoms with Gasteiger partial charge in [0.25, 0.3) is 0 Å². The molecule has 0 radical (unpaired) electrons. The summed E-state index contributed by atoms with van der Waals surface area (Å²) in [5, 5.41) is 10.8. The Balaban J connectivity index is 2.33. The van der Waals surface area contributed by atoms with Crippen LogP contribution in [0.4, 0.5) is 0 Å². The third-order valence-electron chi connectivity index (χ3n) is 4.09. The maximum absolute atomic E-state index is 11.9. The summed E-state index contributed by atoms with van der Waals surface area (Å²) < 4.78 is 21.6. The van der Waals surface area contributed by atoms with Gasteiger partial charge < -0.3 is 24.1 Å². The highest BCUT2D eigenvalue weighted by molar-refractivity contribution is 6.03. The normalized spacial score (nSPS) is 12.3. The number of ether oxygens (including phenoxy) is 4. The fourth-order valence-corrected chi connectivity index (χ4v) is 2.72. The highest BCUT2D eigenvalue weighted by atomic mass is 16.6. The lowest BCUT2D eigenvalue weighted by Crippen LogP contribution is -2.22. The number of hydrogen-bond donors (Lipinski definition) is 1. The Morgan fingerprint density at radius 3 is 1.97 bits per heavy atom. The SMILES string of the molecule is C=CC(=O)OC(C)COc1cc(C(=O)O)c(OCC(C)OC(=O)C=C)c2ccccc12. The van der Waals surface area contributed by atoms with E-state index in [-0.39, 0.29) is 24.5 Å². The molecule has 1 N–H and O–H groups in total. The molecule has 0 aromatic heterocycles. The van der Waals surface area contributed by atoms with Gasteiger partial charge in [0.05, 0.1) is 0 Å². The molecule has 2 aromatic rings. The summed E-state index contributed by atoms with van der Waals surface area (Å²) in [5.41, 5.74) is -0.119. The first-order valence-electron chi connectivity index (χ1n) is 9.47. The molecule has 8 heteroatoms. The molecule has 164 valence electrons. The summed E-state index contributed by atoms with van der Waals surface area (Å²) in [6.07, 6.45) is 0.887. The van der Waals surface area contributed by atoms with E-state index in [0.29, 0.717) is 16.5 Å². The number of carboxylic acid groups (broad SMARTS) is 1. The summed E-state index contributed by atoms with van der Waals surface area (Å²) in [7, 11) is 0. The molecule has 0 saturated heterocycles. The molecule has 0 aliphatic carbocycles. The Labute approximate surface area is 179 Å². The number of esters is 2. The zero-order valence-corrected chi connectivity index (χ0v) is 17.3. The first-order valence-corrected chi connectivity index (χ1v) is 9.47. The van der Waals surface area contributed by atoms with E-state index in [4.69, 9.17) is 18.9 Å². The molecule has 8 nitrogen and oxygen atoms in total. The number of benzene rings is 2. The first-order chi connectivity index (χ1) is 14.8. The molecule has 0 amide bonds. The number of carboxylic acids is 1. The van der Waals surface area contributed by atoms with Gasteiger partial charge in [-0.05, 0) is 19.9 Å². The van der Waals surface area contributed by atoms with Crippen molar-refractivity contribution < 1.29 is 38.4 Å². The number of fused-ring (bicyclic) bond motifs is 1. The van der Waals surface area contributed by atoms with Crippen LogP contribution >= 0.6 is 0 Å². The van der Waals surface area contributed by atoms with Crippen molar-refractivity contribution in [1.29, 1.82) is 0 Å². The van der Waals surface area contributed by atoms with Crippen LogP contribution in [0.3, 0.4) is 0 Å². The van der Waals surface area contributed by atoms with Gasteiger partial charge in [-0.15, -0.1) is 0 Å². The topological polar surface area (TPSA) is 108 Å². The minimum Gasteiger partial charge on any atom is -0.489 e. The van der Waals surface area contributed by atoms with Crippen molar-refractivity contribution in [1.82, 2.24) is 0 Å². The zero-order valence-electron chi connectivity index (χ0n) is 17.3. The predicted molar refractivity (Wildman–Crippen MR) is 113 cm³/mol. The number of rotatable bonds is 11. The van der Waals surface area contributed by atoms with Crippen LogP contribution in [0.25, 0.3) is 10.8 Å². The Morgan fingerprint density at radius 1 is 0.935 bits per heavy atom. The van der Waals surface area contributed by atoms with Crippen molar-refractivity contribution >= 4 is 28.7 Å². The van der Waals surface area contributed by atoms with Gasteiger partial charge in [0.2, 0.25) is 0 Å². The van der Waals surface area contributed by atoms with Gasteiger partial charge in [-0.25, -0.2) is 14.4 Å². The highest BCUT2D eigenvalue weighted by Gasteiger charge is 2.21. The highest BCUT2D eigenvalue weighted by Crippen LogP contribution is 2.37. The summed E-state index contributed by atoms with van der Waals surface area (Å²) in [6.45, 7) is 9.88. The largest absolute Gasteiger partial charge is 0.489 e. The second kappa shape index (κ2) is 10.8. The minimum atomic E-state index is -1.22. The quantitative estimate of drug-likeness (QED) is 0.428. The first kappa shape index (κ1) is 23.5. The van der Waals surface area contributed by atoms with Crippen LogP contribution in [0.1, 0.15) is 24.2 Å². The maximum Gasteiger partial charge on any atom is 0.339 e. The van der Waals surface area contributed by atoms with Gasteiger partial charge >= 0.3 is 17.9 Å². The Bertz CT molecular complexity index is 994. The Morgan fingerprint density at radius 2 is 1.45 bits per heavy atom. The second-order valence-corrected chi connectivity index (χ2v) is 6.63. The molecule has 0 aliphatic rings. The standard InChI is InChI=1S/C23H24O8/c1-5-20(24)30-14(3)12-28-19-11-18(23(26)27)22(17-10-8-7-9-16(17)19)29-13-15(4)31-21(25)6-2/h5-11,14-15H,1-2,12-13H2,3-4H3,(H,26,27). The molecule has 2 unspecified atom stereocenters. The lowest BCUT2D eigenvalue weighted by molar-refractivity contribution is -0.144. The van der Waals surface area contributed by atoms with E-state index in [1.807, 2.05) is 0 Å². The zero-order chi connectivity index (χ0) is 23.0. The van der Waals surface area contributed by atoms with Gasteiger partial charge in [-0.2, -0.15) is 0 Å². The van der Waals surface area contributed by atoms with Crippen molar-refractivity contribution in [2.75, 3.05) is 13.2 Å². The third kappa shape index (κ3) is 6.33. The molecule has 2 aromatic carbocycles. The molecule has 0 saturated carbocycles. The van der Waals surface area contributed by atoms with Crippen molar-refractivity contribution in [3.05, 3.63) is 61.2 Å². The summed E-state index contributed by atoms with van der Waals surface area (Å²) in [6, 6.07) is 8.31. The van der Waals surface area contributed by atoms with E-state index in [9.17, 15) is 19.5 Å². The monoisotopic (exact) mass is 428 g/mol. The van der Waals surface area contributed by atoms with Crippen molar-refractivity contribution in [2.45, 2.75) is 26.1 Å². The Hall–Kier alpha value is -3.81. The minimum absolute atomic E-state index is 0.0113. The molecular weight excluding hydrogens is 404 g/mol. The number of hydrogen-bond acceptors (Lipinski definition) is 7. The lowest BCUT2D eigenvalue weighted by Gasteiger charge is -2.19. The molecule has 31 heavy (non-hydrogen) atoms. The van der Waals surface area contributed by atoms with Crippen LogP contribution < -0.4 is 9.47 Å². The number of aromatic carboxylic acids is 1. The molecule has 2 atom stereocenters. The van der Waals surface area contributed by atoms with E-state index in [1.165, 1.54) is 6.07 Å². The van der Waals surface area contributed by atoms with Gasteiger partial charge in [0.15, 0.2) is 0 Å². The van der Waals surface area contributed by atoms with Gasteiger partial charge in [0.1, 0.15) is 42.5 Å². The van der Waals surface area contributed by atoms with Crippen molar-refractivity contribution in [2.24, 2.45) is 0 Å². The van der Waals surface area contributed by atoms with Gasteiger partial charge in [-0.3, -0.25) is 0 Å². The van der Waals surface area contributed by atoms with Crippen molar-refractivity contribution in [3.63, 3.8) is 0 Å². The van der Waals surface area contributed by atoms with E-state index in [2.05, 4.69) is 13.2 Å². The van der Waals surface area contributed by atoms with Crippen LogP contribution in [0.15, 0.2) is 55.6 Å². The molecule has 0 bridgehead atoms.